The Hall–Kier alpha value is -2.74. The average molecular weight is 361 g/mol. The third-order valence-electron chi connectivity index (χ3n) is 3.25. The molecule has 0 atom stereocenters. The summed E-state index contributed by atoms with van der Waals surface area (Å²) in [5, 5.41) is 0. The van der Waals surface area contributed by atoms with Crippen LogP contribution in [-0.2, 0) is 14.6 Å². The van der Waals surface area contributed by atoms with E-state index in [2.05, 4.69) is 9.97 Å². The maximum absolute atomic E-state index is 11.8. The largest absolute Gasteiger partial charge is 0.477 e. The van der Waals surface area contributed by atoms with Crippen LogP contribution in [0.25, 0.3) is 11.6 Å². The second-order valence-corrected chi connectivity index (χ2v) is 7.36. The molecule has 0 aliphatic rings. The van der Waals surface area contributed by atoms with Crippen LogP contribution in [0.3, 0.4) is 0 Å². The maximum Gasteiger partial charge on any atom is 0.249 e. The van der Waals surface area contributed by atoms with Crippen molar-refractivity contribution in [3.8, 4) is 5.88 Å². The van der Waals surface area contributed by atoms with E-state index in [1.807, 2.05) is 6.92 Å². The Morgan fingerprint density at radius 2 is 1.88 bits per heavy atom. The molecule has 0 spiro atoms. The van der Waals surface area contributed by atoms with Crippen LogP contribution in [0.15, 0.2) is 41.6 Å². The molecule has 1 aromatic heterocycles. The zero-order valence-corrected chi connectivity index (χ0v) is 14.8. The summed E-state index contributed by atoms with van der Waals surface area (Å²) in [6.45, 7) is 2.53. The third kappa shape index (κ3) is 5.12. The summed E-state index contributed by atoms with van der Waals surface area (Å²) in [6, 6.07) is 5.90. The number of carbonyl (C=O) groups excluding carboxylic acids is 1. The van der Waals surface area contributed by atoms with Crippen molar-refractivity contribution in [3.63, 3.8) is 0 Å². The summed E-state index contributed by atoms with van der Waals surface area (Å²) in [4.78, 5) is 20.2. The van der Waals surface area contributed by atoms with Crippen molar-refractivity contribution in [2.24, 2.45) is 5.73 Å². The number of ether oxygens (including phenoxy) is 1. The Labute approximate surface area is 146 Å². The Morgan fingerprint density at radius 1 is 1.20 bits per heavy atom. The predicted molar refractivity (Wildman–Crippen MR) is 94.4 cm³/mol. The quantitative estimate of drug-likeness (QED) is 0.751. The summed E-state index contributed by atoms with van der Waals surface area (Å²) in [5.74, 6) is -0.252. The molecule has 0 saturated carbocycles. The Balaban J connectivity index is 2.31. The van der Waals surface area contributed by atoms with Crippen LogP contribution in [0, 0.1) is 0 Å². The number of rotatable bonds is 7. The molecule has 0 aliphatic heterocycles. The number of benzene rings is 1. The van der Waals surface area contributed by atoms with Gasteiger partial charge in [0, 0.05) is 11.8 Å². The van der Waals surface area contributed by atoms with E-state index in [4.69, 9.17) is 10.5 Å². The molecule has 1 aromatic carbocycles. The van der Waals surface area contributed by atoms with Crippen LogP contribution >= 0.6 is 0 Å². The van der Waals surface area contributed by atoms with Gasteiger partial charge in [0.2, 0.25) is 11.8 Å². The lowest BCUT2D eigenvalue weighted by Gasteiger charge is -2.06. The molecule has 0 unspecified atom stereocenters. The molecule has 8 heteroatoms. The summed E-state index contributed by atoms with van der Waals surface area (Å²) in [7, 11) is -3.31. The van der Waals surface area contributed by atoms with Gasteiger partial charge in [-0.2, -0.15) is 0 Å². The fraction of sp³-hybridized carbons (Fsp3) is 0.235. The molecule has 0 radical (unpaired) electrons. The van der Waals surface area contributed by atoms with Gasteiger partial charge >= 0.3 is 0 Å². The molecule has 1 heterocycles. The number of nitrogens with zero attached hydrogens (tertiary/aromatic N) is 2. The lowest BCUT2D eigenvalue weighted by atomic mass is 10.0. The number of aromatic nitrogens is 2. The van der Waals surface area contributed by atoms with Crippen molar-refractivity contribution < 1.29 is 17.9 Å². The molecule has 132 valence electrons. The van der Waals surface area contributed by atoms with Gasteiger partial charge in [-0.25, -0.2) is 18.4 Å². The van der Waals surface area contributed by atoms with E-state index in [1.165, 1.54) is 42.7 Å². The van der Waals surface area contributed by atoms with Gasteiger partial charge in [-0.05, 0) is 30.2 Å². The molecule has 25 heavy (non-hydrogen) atoms. The molecule has 1 amide bonds. The van der Waals surface area contributed by atoms with Crippen LogP contribution in [0.2, 0.25) is 0 Å². The number of hydrogen-bond donors (Lipinski definition) is 1. The van der Waals surface area contributed by atoms with Crippen LogP contribution in [0.1, 0.15) is 24.6 Å². The summed E-state index contributed by atoms with van der Waals surface area (Å²) in [6.07, 6.45) is 6.41. The van der Waals surface area contributed by atoms with E-state index < -0.39 is 15.7 Å². The first-order valence-electron chi connectivity index (χ1n) is 7.58. The Bertz CT molecular complexity index is 873. The molecule has 2 N–H and O–H groups in total. The lowest BCUT2D eigenvalue weighted by Crippen LogP contribution is -2.13. The van der Waals surface area contributed by atoms with E-state index in [0.717, 1.165) is 12.7 Å². The summed E-state index contributed by atoms with van der Waals surface area (Å²) >= 11 is 0. The van der Waals surface area contributed by atoms with Crippen molar-refractivity contribution in [2.75, 3.05) is 12.9 Å². The highest BCUT2D eigenvalue weighted by atomic mass is 32.2. The Kier molecular flexibility index (Phi) is 5.87. The Morgan fingerprint density at radius 3 is 2.36 bits per heavy atom. The first-order chi connectivity index (χ1) is 11.8. The SMILES string of the molecule is CCCOc1cnc(C=C(C(N)=O)c2ccc(S(C)(=O)=O)cc2)cn1. The van der Waals surface area contributed by atoms with E-state index in [9.17, 15) is 13.2 Å². The minimum atomic E-state index is -3.31. The molecule has 0 saturated heterocycles. The standard InChI is InChI=1S/C17H19N3O4S/c1-3-8-24-16-11-19-13(10-20-16)9-15(17(18)21)12-4-6-14(7-5-12)25(2,22)23/h4-7,9-11H,3,8H2,1-2H3,(H2,18,21). The number of hydrogen-bond acceptors (Lipinski definition) is 6. The van der Waals surface area contributed by atoms with Crippen LogP contribution < -0.4 is 10.5 Å². The lowest BCUT2D eigenvalue weighted by molar-refractivity contribution is -0.112. The molecule has 0 fully saturated rings. The van der Waals surface area contributed by atoms with Crippen molar-refractivity contribution in [1.29, 1.82) is 0 Å². The van der Waals surface area contributed by atoms with Crippen molar-refractivity contribution in [1.82, 2.24) is 9.97 Å². The van der Waals surface area contributed by atoms with Gasteiger partial charge in [-0.15, -0.1) is 0 Å². The minimum absolute atomic E-state index is 0.164. The zero-order chi connectivity index (χ0) is 18.4. The van der Waals surface area contributed by atoms with Gasteiger partial charge in [0.15, 0.2) is 9.84 Å². The molecular formula is C17H19N3O4S. The zero-order valence-electron chi connectivity index (χ0n) is 14.0. The van der Waals surface area contributed by atoms with E-state index >= 15 is 0 Å². The smallest absolute Gasteiger partial charge is 0.249 e. The summed E-state index contributed by atoms with van der Waals surface area (Å²) in [5.41, 5.74) is 6.57. The number of sulfone groups is 1. The van der Waals surface area contributed by atoms with Crippen LogP contribution in [0.5, 0.6) is 5.88 Å². The highest BCUT2D eigenvalue weighted by Crippen LogP contribution is 2.20. The first kappa shape index (κ1) is 18.6. The topological polar surface area (TPSA) is 112 Å². The van der Waals surface area contributed by atoms with Crippen molar-refractivity contribution >= 4 is 27.4 Å². The van der Waals surface area contributed by atoms with E-state index in [0.29, 0.717) is 23.7 Å². The van der Waals surface area contributed by atoms with Gasteiger partial charge in [0.25, 0.3) is 0 Å². The highest BCUT2D eigenvalue weighted by Gasteiger charge is 2.12. The van der Waals surface area contributed by atoms with Crippen molar-refractivity contribution in [3.05, 3.63) is 47.9 Å². The molecule has 2 rings (SSSR count). The van der Waals surface area contributed by atoms with Crippen LogP contribution in [-0.4, -0.2) is 37.2 Å². The maximum atomic E-state index is 11.8. The predicted octanol–water partition coefficient (Wildman–Crippen LogP) is 1.69. The van der Waals surface area contributed by atoms with Gasteiger partial charge < -0.3 is 10.5 Å². The molecular weight excluding hydrogens is 342 g/mol. The monoisotopic (exact) mass is 361 g/mol. The number of nitrogens with two attached hydrogens (primary N) is 1. The van der Waals surface area contributed by atoms with Gasteiger partial charge in [-0.3, -0.25) is 4.79 Å². The molecule has 0 aliphatic carbocycles. The number of carbonyl (C=O) groups is 1. The normalized spacial score (nSPS) is 12.0. The van der Waals surface area contributed by atoms with Gasteiger partial charge in [-0.1, -0.05) is 19.1 Å². The number of primary amides is 1. The third-order valence-corrected chi connectivity index (χ3v) is 4.38. The summed E-state index contributed by atoms with van der Waals surface area (Å²) < 4.78 is 28.4. The second-order valence-electron chi connectivity index (χ2n) is 5.35. The van der Waals surface area contributed by atoms with E-state index in [-0.39, 0.29) is 10.5 Å². The fourth-order valence-electron chi connectivity index (χ4n) is 2.01. The second kappa shape index (κ2) is 7.89. The van der Waals surface area contributed by atoms with Gasteiger partial charge in [0.05, 0.1) is 29.6 Å². The minimum Gasteiger partial charge on any atom is -0.477 e. The van der Waals surface area contributed by atoms with E-state index in [1.54, 1.807) is 0 Å². The van der Waals surface area contributed by atoms with Crippen molar-refractivity contribution in [2.45, 2.75) is 18.2 Å². The highest BCUT2D eigenvalue weighted by molar-refractivity contribution is 7.90. The fourth-order valence-corrected chi connectivity index (χ4v) is 2.64. The molecule has 0 bridgehead atoms. The molecule has 2 aromatic rings. The molecule has 7 nitrogen and oxygen atoms in total. The first-order valence-corrected chi connectivity index (χ1v) is 9.47. The number of amides is 1. The van der Waals surface area contributed by atoms with Gasteiger partial charge in [0.1, 0.15) is 0 Å². The average Bonchev–Trinajstić information content (AvgIpc) is 2.58. The van der Waals surface area contributed by atoms with Crippen LogP contribution in [0.4, 0.5) is 0 Å².